The smallest absolute Gasteiger partial charge is 0.393 e. The summed E-state index contributed by atoms with van der Waals surface area (Å²) in [5.41, 5.74) is 3.08. The van der Waals surface area contributed by atoms with Crippen molar-refractivity contribution in [2.24, 2.45) is 5.92 Å². The van der Waals surface area contributed by atoms with Gasteiger partial charge in [-0.05, 0) is 55.2 Å². The SMILES string of the molecule is CC1CCN(c2cc(C3CCS(=O)(=O)CC3)ccc2NC(=O)Oc2cc(C#N)c[nH]2)CC1. The molecule has 0 saturated carbocycles. The lowest BCUT2D eigenvalue weighted by Crippen LogP contribution is -2.34. The number of nitrogens with zero attached hydrogens (tertiary/aromatic N) is 2. The minimum Gasteiger partial charge on any atom is -0.393 e. The molecule has 2 aliphatic rings. The van der Waals surface area contributed by atoms with Gasteiger partial charge in [-0.2, -0.15) is 5.26 Å². The fourth-order valence-electron chi connectivity index (χ4n) is 4.38. The monoisotopic (exact) mass is 456 g/mol. The Morgan fingerprint density at radius 1 is 1.19 bits per heavy atom. The van der Waals surface area contributed by atoms with Crippen molar-refractivity contribution in [1.82, 2.24) is 4.98 Å². The van der Waals surface area contributed by atoms with Crippen molar-refractivity contribution in [3.63, 3.8) is 0 Å². The lowest BCUT2D eigenvalue weighted by molar-refractivity contribution is 0.213. The highest BCUT2D eigenvalue weighted by Crippen LogP contribution is 2.36. The Balaban J connectivity index is 1.54. The molecule has 1 aromatic heterocycles. The predicted molar refractivity (Wildman–Crippen MR) is 123 cm³/mol. The van der Waals surface area contributed by atoms with Gasteiger partial charge in [-0.3, -0.25) is 5.32 Å². The van der Waals surface area contributed by atoms with Crippen molar-refractivity contribution in [3.05, 3.63) is 41.6 Å². The van der Waals surface area contributed by atoms with E-state index in [4.69, 9.17) is 10.00 Å². The first kappa shape index (κ1) is 22.2. The number of aromatic amines is 1. The standard InChI is InChI=1S/C23H28N4O4S/c1-16-4-8-27(9-5-16)21-13-19(18-6-10-32(29,30)11-7-18)2-3-20(21)26-23(28)31-22-12-17(14-24)15-25-22/h2-3,12-13,15-16,18,25H,4-11H2,1H3,(H,26,28). The number of amides is 1. The van der Waals surface area contributed by atoms with Crippen LogP contribution in [0.5, 0.6) is 5.88 Å². The number of carbonyl (C=O) groups excluding carboxylic acids is 1. The highest BCUT2D eigenvalue weighted by Gasteiger charge is 2.27. The van der Waals surface area contributed by atoms with E-state index in [1.54, 1.807) is 0 Å². The van der Waals surface area contributed by atoms with Crippen molar-refractivity contribution in [2.75, 3.05) is 34.8 Å². The molecule has 2 aliphatic heterocycles. The molecular weight excluding hydrogens is 428 g/mol. The van der Waals surface area contributed by atoms with E-state index in [2.05, 4.69) is 28.2 Å². The van der Waals surface area contributed by atoms with Crippen LogP contribution in [0.4, 0.5) is 16.2 Å². The number of benzene rings is 1. The van der Waals surface area contributed by atoms with Gasteiger partial charge in [0.25, 0.3) is 0 Å². The largest absolute Gasteiger partial charge is 0.418 e. The summed E-state index contributed by atoms with van der Waals surface area (Å²) in [4.78, 5) is 17.5. The van der Waals surface area contributed by atoms with Crippen LogP contribution < -0.4 is 15.0 Å². The van der Waals surface area contributed by atoms with Crippen LogP contribution in [-0.4, -0.2) is 44.1 Å². The van der Waals surface area contributed by atoms with Crippen LogP contribution in [-0.2, 0) is 9.84 Å². The zero-order chi connectivity index (χ0) is 22.7. The lowest BCUT2D eigenvalue weighted by atomic mass is 9.92. The van der Waals surface area contributed by atoms with E-state index in [0.717, 1.165) is 37.2 Å². The summed E-state index contributed by atoms with van der Waals surface area (Å²) >= 11 is 0. The zero-order valence-electron chi connectivity index (χ0n) is 18.1. The maximum atomic E-state index is 12.5. The third-order valence-electron chi connectivity index (χ3n) is 6.40. The topological polar surface area (TPSA) is 115 Å². The number of sulfone groups is 1. The molecule has 2 N–H and O–H groups in total. The van der Waals surface area contributed by atoms with Crippen molar-refractivity contribution < 1.29 is 17.9 Å². The first-order chi connectivity index (χ1) is 15.3. The lowest BCUT2D eigenvalue weighted by Gasteiger charge is -2.34. The van der Waals surface area contributed by atoms with E-state index in [-0.39, 0.29) is 23.3 Å². The molecule has 1 amide bonds. The van der Waals surface area contributed by atoms with E-state index >= 15 is 0 Å². The number of H-pyrrole nitrogens is 1. The Hall–Kier alpha value is -2.99. The number of aromatic nitrogens is 1. The summed E-state index contributed by atoms with van der Waals surface area (Å²) in [6.07, 6.45) is 4.25. The molecule has 0 spiro atoms. The third-order valence-corrected chi connectivity index (χ3v) is 8.11. The van der Waals surface area contributed by atoms with Crippen LogP contribution in [0.25, 0.3) is 0 Å². The molecule has 9 heteroatoms. The number of ether oxygens (including phenoxy) is 1. The average molecular weight is 457 g/mol. The van der Waals surface area contributed by atoms with Crippen molar-refractivity contribution in [1.29, 1.82) is 5.26 Å². The van der Waals surface area contributed by atoms with Crippen LogP contribution in [0.2, 0.25) is 0 Å². The Kier molecular flexibility index (Phi) is 6.42. The van der Waals surface area contributed by atoms with Crippen LogP contribution in [0.3, 0.4) is 0 Å². The minimum atomic E-state index is -2.92. The summed E-state index contributed by atoms with van der Waals surface area (Å²) in [6.45, 7) is 4.05. The number of nitriles is 1. The third kappa shape index (κ3) is 5.25. The number of piperidine rings is 1. The fourth-order valence-corrected chi connectivity index (χ4v) is 5.87. The second-order valence-electron chi connectivity index (χ2n) is 8.75. The molecule has 4 rings (SSSR count). The molecule has 0 aliphatic carbocycles. The Morgan fingerprint density at radius 3 is 2.56 bits per heavy atom. The van der Waals surface area contributed by atoms with E-state index in [1.165, 1.54) is 12.3 Å². The quantitative estimate of drug-likeness (QED) is 0.718. The molecule has 1 aromatic carbocycles. The molecule has 0 atom stereocenters. The Morgan fingerprint density at radius 2 is 1.91 bits per heavy atom. The average Bonchev–Trinajstić information content (AvgIpc) is 3.22. The highest BCUT2D eigenvalue weighted by molar-refractivity contribution is 7.91. The summed E-state index contributed by atoms with van der Waals surface area (Å²) in [6, 6.07) is 9.39. The van der Waals surface area contributed by atoms with Crippen LogP contribution >= 0.6 is 0 Å². The molecule has 0 bridgehead atoms. The van der Waals surface area contributed by atoms with Gasteiger partial charge in [0.05, 0.1) is 28.4 Å². The minimum absolute atomic E-state index is 0.199. The van der Waals surface area contributed by atoms with Gasteiger partial charge in [0, 0.05) is 25.4 Å². The molecule has 8 nitrogen and oxygen atoms in total. The maximum Gasteiger partial charge on any atom is 0.418 e. The highest BCUT2D eigenvalue weighted by atomic mass is 32.2. The number of hydrogen-bond donors (Lipinski definition) is 2. The van der Waals surface area contributed by atoms with Gasteiger partial charge in [0.2, 0.25) is 5.88 Å². The van der Waals surface area contributed by atoms with Crippen LogP contribution in [0.15, 0.2) is 30.5 Å². The molecule has 0 unspecified atom stereocenters. The van der Waals surface area contributed by atoms with Crippen molar-refractivity contribution in [3.8, 4) is 11.9 Å². The van der Waals surface area contributed by atoms with Gasteiger partial charge in [0.1, 0.15) is 15.9 Å². The first-order valence-electron chi connectivity index (χ1n) is 11.0. The van der Waals surface area contributed by atoms with E-state index in [0.29, 0.717) is 30.0 Å². The zero-order valence-corrected chi connectivity index (χ0v) is 19.0. The van der Waals surface area contributed by atoms with Gasteiger partial charge in [0.15, 0.2) is 0 Å². The van der Waals surface area contributed by atoms with Gasteiger partial charge >= 0.3 is 6.09 Å². The molecule has 3 heterocycles. The van der Waals surface area contributed by atoms with E-state index < -0.39 is 15.9 Å². The van der Waals surface area contributed by atoms with Gasteiger partial charge in [-0.1, -0.05) is 13.0 Å². The molecule has 2 aromatic rings. The summed E-state index contributed by atoms with van der Waals surface area (Å²) in [7, 11) is -2.92. The molecular formula is C23H28N4O4S. The molecule has 0 radical (unpaired) electrons. The maximum absolute atomic E-state index is 12.5. The van der Waals surface area contributed by atoms with Crippen LogP contribution in [0.1, 0.15) is 49.7 Å². The van der Waals surface area contributed by atoms with Gasteiger partial charge in [-0.15, -0.1) is 0 Å². The van der Waals surface area contributed by atoms with Crippen molar-refractivity contribution >= 4 is 27.3 Å². The molecule has 170 valence electrons. The van der Waals surface area contributed by atoms with Crippen molar-refractivity contribution in [2.45, 2.75) is 38.5 Å². The molecule has 2 saturated heterocycles. The predicted octanol–water partition coefficient (Wildman–Crippen LogP) is 4.03. The number of rotatable bonds is 4. The number of nitrogens with one attached hydrogen (secondary N) is 2. The second-order valence-corrected chi connectivity index (χ2v) is 11.1. The van der Waals surface area contributed by atoms with E-state index in [1.807, 2.05) is 18.2 Å². The molecule has 32 heavy (non-hydrogen) atoms. The van der Waals surface area contributed by atoms with Gasteiger partial charge in [-0.25, -0.2) is 13.2 Å². The molecule has 2 fully saturated rings. The second kappa shape index (κ2) is 9.25. The Labute approximate surface area is 188 Å². The number of hydrogen-bond acceptors (Lipinski definition) is 6. The first-order valence-corrected chi connectivity index (χ1v) is 12.8. The summed E-state index contributed by atoms with van der Waals surface area (Å²) in [5.74, 6) is 1.52. The fraction of sp³-hybridized carbons (Fsp3) is 0.478. The van der Waals surface area contributed by atoms with E-state index in [9.17, 15) is 13.2 Å². The van der Waals surface area contributed by atoms with Gasteiger partial charge < -0.3 is 14.6 Å². The summed E-state index contributed by atoms with van der Waals surface area (Å²) in [5, 5.41) is 11.8. The Bertz CT molecular complexity index is 1110. The van der Waals surface area contributed by atoms with Crippen LogP contribution in [0, 0.1) is 17.2 Å². The number of carbonyl (C=O) groups is 1. The number of anilines is 2. The normalized spacial score (nSPS) is 19.3. The summed E-state index contributed by atoms with van der Waals surface area (Å²) < 4.78 is 28.9.